The van der Waals surface area contributed by atoms with Gasteiger partial charge < -0.3 is 10.1 Å². The zero-order valence-electron chi connectivity index (χ0n) is 7.16. The van der Waals surface area contributed by atoms with Crippen LogP contribution < -0.4 is 5.32 Å². The molecule has 0 aliphatic carbocycles. The van der Waals surface area contributed by atoms with Crippen molar-refractivity contribution in [2.24, 2.45) is 7.05 Å². The number of ether oxygens (including phenoxy) is 1. The highest BCUT2D eigenvalue weighted by atomic mass is 16.5. The molecule has 66 valence electrons. The summed E-state index contributed by atoms with van der Waals surface area (Å²) in [4.78, 5) is 0. The van der Waals surface area contributed by atoms with Crippen LogP contribution >= 0.6 is 0 Å². The first-order valence-electron chi connectivity index (χ1n) is 4.14. The molecule has 1 aliphatic heterocycles. The molecule has 0 atom stereocenters. The maximum Gasteiger partial charge on any atom is 0.0828 e. The third-order valence-corrected chi connectivity index (χ3v) is 1.99. The fraction of sp³-hybridized carbons (Fsp3) is 0.625. The van der Waals surface area contributed by atoms with E-state index in [0.717, 1.165) is 18.7 Å². The summed E-state index contributed by atoms with van der Waals surface area (Å²) in [5.41, 5.74) is 1.14. The van der Waals surface area contributed by atoms with Crippen LogP contribution in [0.5, 0.6) is 0 Å². The fourth-order valence-electron chi connectivity index (χ4n) is 1.14. The van der Waals surface area contributed by atoms with Gasteiger partial charge >= 0.3 is 0 Å². The third-order valence-electron chi connectivity index (χ3n) is 1.99. The Hall–Kier alpha value is -0.870. The zero-order chi connectivity index (χ0) is 8.39. The zero-order valence-corrected chi connectivity index (χ0v) is 7.16. The number of aromatic nitrogens is 2. The van der Waals surface area contributed by atoms with Gasteiger partial charge in [-0.1, -0.05) is 0 Å². The van der Waals surface area contributed by atoms with Gasteiger partial charge in [-0.05, 0) is 0 Å². The number of aryl methyl sites for hydroxylation is 1. The largest absolute Gasteiger partial charge is 0.371 e. The van der Waals surface area contributed by atoms with Gasteiger partial charge in [0.2, 0.25) is 0 Å². The standard InChI is InChI=1S/C8H13N3O/c1-11-5-7(2-10-11)6-12-8-3-9-4-8/h2,5,8-9H,3-4,6H2,1H3. The van der Waals surface area contributed by atoms with Gasteiger partial charge in [0, 0.05) is 31.9 Å². The minimum absolute atomic E-state index is 0.408. The van der Waals surface area contributed by atoms with Crippen molar-refractivity contribution < 1.29 is 4.74 Å². The van der Waals surface area contributed by atoms with E-state index in [1.165, 1.54) is 0 Å². The molecular formula is C8H13N3O. The third kappa shape index (κ3) is 1.65. The number of nitrogens with one attached hydrogen (secondary N) is 1. The van der Waals surface area contributed by atoms with Crippen molar-refractivity contribution in [1.29, 1.82) is 0 Å². The highest BCUT2D eigenvalue weighted by Gasteiger charge is 2.16. The van der Waals surface area contributed by atoms with Crippen LogP contribution in [0.15, 0.2) is 12.4 Å². The van der Waals surface area contributed by atoms with E-state index in [-0.39, 0.29) is 0 Å². The highest BCUT2D eigenvalue weighted by Crippen LogP contribution is 2.04. The lowest BCUT2D eigenvalue weighted by Gasteiger charge is -2.26. The van der Waals surface area contributed by atoms with Crippen molar-refractivity contribution in [3.63, 3.8) is 0 Å². The Bertz CT molecular complexity index is 255. The van der Waals surface area contributed by atoms with Gasteiger partial charge in [0.15, 0.2) is 0 Å². The summed E-state index contributed by atoms with van der Waals surface area (Å²) in [5.74, 6) is 0. The minimum atomic E-state index is 0.408. The minimum Gasteiger partial charge on any atom is -0.371 e. The summed E-state index contributed by atoms with van der Waals surface area (Å²) in [6.45, 7) is 2.65. The monoisotopic (exact) mass is 167 g/mol. The highest BCUT2D eigenvalue weighted by molar-refractivity contribution is 5.01. The Balaban J connectivity index is 1.79. The van der Waals surface area contributed by atoms with Crippen LogP contribution in [0.1, 0.15) is 5.56 Å². The van der Waals surface area contributed by atoms with Gasteiger partial charge in [-0.2, -0.15) is 5.10 Å². The van der Waals surface area contributed by atoms with E-state index in [4.69, 9.17) is 4.74 Å². The van der Waals surface area contributed by atoms with Crippen LogP contribution in [-0.4, -0.2) is 29.0 Å². The predicted octanol–water partition coefficient (Wildman–Crippen LogP) is -0.0915. The molecule has 1 aliphatic rings. The molecule has 4 heteroatoms. The van der Waals surface area contributed by atoms with E-state index in [9.17, 15) is 0 Å². The van der Waals surface area contributed by atoms with Gasteiger partial charge in [-0.15, -0.1) is 0 Å². The van der Waals surface area contributed by atoms with Crippen LogP contribution in [0.3, 0.4) is 0 Å². The Morgan fingerprint density at radius 2 is 2.58 bits per heavy atom. The van der Waals surface area contributed by atoms with Crippen molar-refractivity contribution in [1.82, 2.24) is 15.1 Å². The Morgan fingerprint density at radius 3 is 3.08 bits per heavy atom. The predicted molar refractivity (Wildman–Crippen MR) is 44.7 cm³/mol. The van der Waals surface area contributed by atoms with E-state index >= 15 is 0 Å². The first kappa shape index (κ1) is 7.76. The molecular weight excluding hydrogens is 154 g/mol. The van der Waals surface area contributed by atoms with E-state index in [1.807, 2.05) is 19.4 Å². The van der Waals surface area contributed by atoms with E-state index < -0.39 is 0 Å². The fourth-order valence-corrected chi connectivity index (χ4v) is 1.14. The normalized spacial score (nSPS) is 17.8. The maximum absolute atomic E-state index is 5.56. The topological polar surface area (TPSA) is 39.1 Å². The molecule has 0 unspecified atom stereocenters. The average Bonchev–Trinajstić information content (AvgIpc) is 2.32. The van der Waals surface area contributed by atoms with Gasteiger partial charge in [-0.25, -0.2) is 0 Å². The molecule has 12 heavy (non-hydrogen) atoms. The van der Waals surface area contributed by atoms with Crippen molar-refractivity contribution in [3.8, 4) is 0 Å². The van der Waals surface area contributed by atoms with E-state index in [2.05, 4.69) is 10.4 Å². The molecule has 2 rings (SSSR count). The lowest BCUT2D eigenvalue weighted by Crippen LogP contribution is -2.48. The van der Waals surface area contributed by atoms with Crippen LogP contribution in [-0.2, 0) is 18.4 Å². The van der Waals surface area contributed by atoms with Crippen LogP contribution in [0.4, 0.5) is 0 Å². The van der Waals surface area contributed by atoms with Crippen molar-refractivity contribution in [3.05, 3.63) is 18.0 Å². The van der Waals surface area contributed by atoms with Crippen LogP contribution in [0, 0.1) is 0 Å². The number of hydrogen-bond donors (Lipinski definition) is 1. The van der Waals surface area contributed by atoms with Gasteiger partial charge in [-0.3, -0.25) is 4.68 Å². The summed E-state index contributed by atoms with van der Waals surface area (Å²) in [7, 11) is 1.91. The molecule has 1 aromatic heterocycles. The molecule has 1 aromatic rings. The van der Waals surface area contributed by atoms with E-state index in [1.54, 1.807) is 4.68 Å². The molecule has 0 radical (unpaired) electrons. The lowest BCUT2D eigenvalue weighted by molar-refractivity contribution is 0.00756. The number of hydrogen-bond acceptors (Lipinski definition) is 3. The molecule has 0 amide bonds. The molecule has 1 N–H and O–H groups in total. The second-order valence-electron chi connectivity index (χ2n) is 3.11. The molecule has 0 spiro atoms. The Kier molecular flexibility index (Phi) is 2.10. The summed E-state index contributed by atoms with van der Waals surface area (Å²) < 4.78 is 7.35. The molecule has 2 heterocycles. The van der Waals surface area contributed by atoms with Crippen molar-refractivity contribution >= 4 is 0 Å². The average molecular weight is 167 g/mol. The summed E-state index contributed by atoms with van der Waals surface area (Å²) in [5, 5.41) is 7.22. The van der Waals surface area contributed by atoms with E-state index in [0.29, 0.717) is 12.7 Å². The summed E-state index contributed by atoms with van der Waals surface area (Å²) in [6.07, 6.45) is 4.23. The summed E-state index contributed by atoms with van der Waals surface area (Å²) in [6, 6.07) is 0. The second-order valence-corrected chi connectivity index (χ2v) is 3.11. The number of nitrogens with zero attached hydrogens (tertiary/aromatic N) is 2. The molecule has 0 aromatic carbocycles. The molecule has 0 bridgehead atoms. The molecule has 1 fully saturated rings. The van der Waals surface area contributed by atoms with Gasteiger partial charge in [0.25, 0.3) is 0 Å². The Morgan fingerprint density at radius 1 is 1.75 bits per heavy atom. The Labute approximate surface area is 71.5 Å². The van der Waals surface area contributed by atoms with Crippen LogP contribution in [0.2, 0.25) is 0 Å². The van der Waals surface area contributed by atoms with Crippen LogP contribution in [0.25, 0.3) is 0 Å². The molecule has 0 saturated carbocycles. The van der Waals surface area contributed by atoms with Gasteiger partial charge in [0.1, 0.15) is 0 Å². The van der Waals surface area contributed by atoms with Crippen molar-refractivity contribution in [2.45, 2.75) is 12.7 Å². The number of rotatable bonds is 3. The van der Waals surface area contributed by atoms with Gasteiger partial charge in [0.05, 0.1) is 18.9 Å². The maximum atomic E-state index is 5.56. The SMILES string of the molecule is Cn1cc(COC2CNC2)cn1. The first-order chi connectivity index (χ1) is 5.84. The smallest absolute Gasteiger partial charge is 0.0828 e. The molecule has 1 saturated heterocycles. The quantitative estimate of drug-likeness (QED) is 0.683. The van der Waals surface area contributed by atoms with Crippen molar-refractivity contribution in [2.75, 3.05) is 13.1 Å². The summed E-state index contributed by atoms with van der Waals surface area (Å²) >= 11 is 0. The second kappa shape index (κ2) is 3.25. The lowest BCUT2D eigenvalue weighted by atomic mass is 10.2. The molecule has 4 nitrogen and oxygen atoms in total. The first-order valence-corrected chi connectivity index (χ1v) is 4.14.